The van der Waals surface area contributed by atoms with Gasteiger partial charge in [0.05, 0.1) is 57.8 Å². The highest BCUT2D eigenvalue weighted by Crippen LogP contribution is 2.64. The van der Waals surface area contributed by atoms with Gasteiger partial charge < -0.3 is 23.7 Å². The molecule has 2 atom stereocenters. The van der Waals surface area contributed by atoms with E-state index in [0.717, 1.165) is 105 Å². The van der Waals surface area contributed by atoms with Crippen LogP contribution in [0, 0.1) is 36.5 Å². The molecule has 50 heavy (non-hydrogen) atoms. The molecule has 2 unspecified atom stereocenters. The highest BCUT2D eigenvalue weighted by atomic mass is 16.5. The molecule has 0 spiro atoms. The Morgan fingerprint density at radius 2 is 1.28 bits per heavy atom. The Morgan fingerprint density at radius 1 is 0.740 bits per heavy atom. The third kappa shape index (κ3) is 4.71. The Labute approximate surface area is 295 Å². The molecule has 3 aliphatic heterocycles. The van der Waals surface area contributed by atoms with Crippen LogP contribution in [0.3, 0.4) is 0 Å². The number of morpholine rings is 2. The molecule has 3 aromatic carbocycles. The Morgan fingerprint density at radius 3 is 1.84 bits per heavy atom. The monoisotopic (exact) mass is 674 g/mol. The number of fused-ring (bicyclic) bond motifs is 3. The van der Waals surface area contributed by atoms with Gasteiger partial charge in [0.25, 0.3) is 0 Å². The van der Waals surface area contributed by atoms with Crippen molar-refractivity contribution in [2.75, 3.05) is 66.8 Å². The molecular formula is C41H46N4O5. The fourth-order valence-corrected chi connectivity index (χ4v) is 9.71. The quantitative estimate of drug-likeness (QED) is 0.239. The molecule has 3 heterocycles. The van der Waals surface area contributed by atoms with Crippen molar-refractivity contribution in [2.45, 2.75) is 70.9 Å². The molecular weight excluding hydrogens is 628 g/mol. The Bertz CT molecular complexity index is 1990. The molecule has 0 radical (unpaired) electrons. The lowest BCUT2D eigenvalue weighted by molar-refractivity contribution is 0.0332. The Kier molecular flexibility index (Phi) is 8.12. The summed E-state index contributed by atoms with van der Waals surface area (Å²) in [6.07, 6.45) is 2.54. The second-order valence-corrected chi connectivity index (χ2v) is 15.0. The van der Waals surface area contributed by atoms with Gasteiger partial charge in [-0.25, -0.2) is 0 Å². The number of hydrogen-bond donors (Lipinski definition) is 0. The summed E-state index contributed by atoms with van der Waals surface area (Å²) in [6.45, 7) is 16.5. The molecule has 2 fully saturated rings. The van der Waals surface area contributed by atoms with Crippen LogP contribution in [0.2, 0.25) is 0 Å². The van der Waals surface area contributed by atoms with Crippen LogP contribution in [0.5, 0.6) is 23.0 Å². The average molecular weight is 675 g/mol. The Hall–Kier alpha value is -4.12. The summed E-state index contributed by atoms with van der Waals surface area (Å²) in [7, 11) is 3.49. The first kappa shape index (κ1) is 33.0. The lowest BCUT2D eigenvalue weighted by Gasteiger charge is -2.55. The first-order valence-corrected chi connectivity index (χ1v) is 17.9. The lowest BCUT2D eigenvalue weighted by Crippen LogP contribution is -2.49. The molecule has 0 N–H and O–H groups in total. The minimum Gasteiger partial charge on any atom is -0.493 e. The van der Waals surface area contributed by atoms with Crippen molar-refractivity contribution in [3.05, 3.63) is 78.9 Å². The van der Waals surface area contributed by atoms with Crippen molar-refractivity contribution in [1.82, 2.24) is 9.80 Å². The number of nitrogens with zero attached hydrogens (tertiary/aromatic N) is 4. The molecule has 9 heteroatoms. The van der Waals surface area contributed by atoms with Crippen LogP contribution >= 0.6 is 0 Å². The van der Waals surface area contributed by atoms with Crippen LogP contribution in [0.25, 0.3) is 0 Å². The van der Waals surface area contributed by atoms with Gasteiger partial charge in [0.2, 0.25) is 0 Å². The van der Waals surface area contributed by atoms with Gasteiger partial charge in [-0.15, -0.1) is 0 Å². The van der Waals surface area contributed by atoms with Gasteiger partial charge >= 0.3 is 0 Å². The zero-order valence-electron chi connectivity index (χ0n) is 30.2. The second-order valence-electron chi connectivity index (χ2n) is 15.0. The molecule has 2 saturated heterocycles. The Balaban J connectivity index is 1.39. The number of methoxy groups -OCH3 is 2. The van der Waals surface area contributed by atoms with Gasteiger partial charge in [0.1, 0.15) is 17.6 Å². The molecule has 3 aliphatic carbocycles. The van der Waals surface area contributed by atoms with E-state index in [1.54, 1.807) is 14.2 Å². The molecule has 9 rings (SSSR count). The van der Waals surface area contributed by atoms with Crippen molar-refractivity contribution in [1.29, 1.82) is 10.5 Å². The minimum atomic E-state index is -0.318. The third-order valence-corrected chi connectivity index (χ3v) is 12.6. The largest absolute Gasteiger partial charge is 0.493 e. The normalized spacial score (nSPS) is 23.8. The van der Waals surface area contributed by atoms with Crippen LogP contribution < -0.4 is 14.2 Å². The smallest absolute Gasteiger partial charge is 0.165 e. The van der Waals surface area contributed by atoms with Crippen molar-refractivity contribution in [3.8, 4) is 35.1 Å². The highest BCUT2D eigenvalue weighted by molar-refractivity contribution is 5.74. The van der Waals surface area contributed by atoms with Gasteiger partial charge in [-0.05, 0) is 77.8 Å². The van der Waals surface area contributed by atoms with Gasteiger partial charge in [0.15, 0.2) is 11.5 Å². The number of benzene rings is 3. The van der Waals surface area contributed by atoms with Crippen LogP contribution in [0.15, 0.2) is 12.1 Å². The summed E-state index contributed by atoms with van der Waals surface area (Å²) in [4.78, 5) is 4.96. The van der Waals surface area contributed by atoms with E-state index >= 15 is 0 Å². The van der Waals surface area contributed by atoms with E-state index in [2.05, 4.69) is 47.9 Å². The minimum absolute atomic E-state index is 0.294. The van der Waals surface area contributed by atoms with E-state index in [-0.39, 0.29) is 10.8 Å². The van der Waals surface area contributed by atoms with Crippen LogP contribution in [-0.4, -0.2) is 76.6 Å². The van der Waals surface area contributed by atoms with Crippen molar-refractivity contribution >= 4 is 0 Å². The number of rotatable bonds is 6. The zero-order chi connectivity index (χ0) is 34.9. The summed E-state index contributed by atoms with van der Waals surface area (Å²) in [5.41, 5.74) is 11.9. The van der Waals surface area contributed by atoms with Gasteiger partial charge in [-0.1, -0.05) is 13.8 Å². The number of nitriles is 2. The number of hydrogen-bond acceptors (Lipinski definition) is 9. The molecule has 0 aromatic heterocycles. The highest BCUT2D eigenvalue weighted by Gasteiger charge is 2.55. The van der Waals surface area contributed by atoms with E-state index in [9.17, 15) is 10.5 Å². The van der Waals surface area contributed by atoms with Gasteiger partial charge in [0, 0.05) is 73.2 Å². The standard InChI is InChI=1S/C41H46N4O5/c1-24-25(2)29(21-43)38-27(28(24)20-42)17-26-30(22-44-9-13-48-14-10-44)36-32(18-34(26)50-38)41(4)8-7-40(36,3)33-19-35(46-5)39(47-6)31(37(33)41)23-45-11-15-49-16-12-45/h18-19H,7-17,22-23H2,1-6H3. The van der Waals surface area contributed by atoms with E-state index in [0.29, 0.717) is 36.5 Å². The topological polar surface area (TPSA) is 100 Å². The average Bonchev–Trinajstić information content (AvgIpc) is 3.13. The predicted molar refractivity (Wildman–Crippen MR) is 189 cm³/mol. The third-order valence-electron chi connectivity index (χ3n) is 12.6. The maximum Gasteiger partial charge on any atom is 0.165 e. The maximum atomic E-state index is 10.4. The van der Waals surface area contributed by atoms with Gasteiger partial charge in [-0.2, -0.15) is 10.5 Å². The van der Waals surface area contributed by atoms with E-state index in [4.69, 9.17) is 23.7 Å². The summed E-state index contributed by atoms with van der Waals surface area (Å²) in [5.74, 6) is 2.92. The fraction of sp³-hybridized carbons (Fsp3) is 0.512. The fourth-order valence-electron chi connectivity index (χ4n) is 9.71. The molecule has 260 valence electrons. The van der Waals surface area contributed by atoms with Crippen LogP contribution in [0.4, 0.5) is 0 Å². The molecule has 0 saturated carbocycles. The summed E-state index contributed by atoms with van der Waals surface area (Å²) < 4.78 is 30.7. The summed E-state index contributed by atoms with van der Waals surface area (Å²) >= 11 is 0. The predicted octanol–water partition coefficient (Wildman–Crippen LogP) is 6.14. The molecule has 9 nitrogen and oxygen atoms in total. The van der Waals surface area contributed by atoms with E-state index in [1.165, 1.54) is 33.4 Å². The van der Waals surface area contributed by atoms with E-state index in [1.807, 2.05) is 13.8 Å². The summed E-state index contributed by atoms with van der Waals surface area (Å²) in [6, 6.07) is 9.42. The van der Waals surface area contributed by atoms with Crippen molar-refractivity contribution < 1.29 is 23.7 Å². The van der Waals surface area contributed by atoms with Gasteiger partial charge in [-0.3, -0.25) is 9.80 Å². The molecule has 6 aliphatic rings. The van der Waals surface area contributed by atoms with Crippen molar-refractivity contribution in [3.63, 3.8) is 0 Å². The maximum absolute atomic E-state index is 10.4. The van der Waals surface area contributed by atoms with E-state index < -0.39 is 0 Å². The second kappa shape index (κ2) is 12.3. The first-order chi connectivity index (χ1) is 24.2. The molecule has 2 bridgehead atoms. The van der Waals surface area contributed by atoms with Crippen LogP contribution in [-0.2, 0) is 39.8 Å². The molecule has 0 amide bonds. The number of ether oxygens (including phenoxy) is 5. The molecule has 3 aromatic rings. The summed E-state index contributed by atoms with van der Waals surface area (Å²) in [5, 5.41) is 20.7. The SMILES string of the molecule is COc1cc2c(c(CN3CCOCC3)c1OC)C1(C)CCC2(C)c2c1cc1c(c2CN2CCOCC2)Cc2c(C#N)c(C)c(C)c(C#N)c2O1. The first-order valence-electron chi connectivity index (χ1n) is 17.9. The van der Waals surface area contributed by atoms with Crippen LogP contribution in [0.1, 0.15) is 93.5 Å². The lowest BCUT2D eigenvalue weighted by atomic mass is 9.48. The van der Waals surface area contributed by atoms with Crippen molar-refractivity contribution in [2.24, 2.45) is 0 Å². The zero-order valence-corrected chi connectivity index (χ0v) is 30.2.